The first-order valence-corrected chi connectivity index (χ1v) is 5.86. The number of ether oxygens (including phenoxy) is 1. The molecule has 3 nitrogen and oxygen atoms in total. The van der Waals surface area contributed by atoms with Gasteiger partial charge in [0.15, 0.2) is 0 Å². The lowest BCUT2D eigenvalue weighted by Gasteiger charge is -2.26. The molecule has 80 valence electrons. The molecule has 0 amide bonds. The maximum atomic E-state index is 10.9. The minimum atomic E-state index is -0.246. The molecule has 1 aromatic rings. The Morgan fingerprint density at radius 1 is 1.60 bits per heavy atom. The van der Waals surface area contributed by atoms with Gasteiger partial charge in [-0.05, 0) is 24.5 Å². The highest BCUT2D eigenvalue weighted by Crippen LogP contribution is 2.41. The van der Waals surface area contributed by atoms with Gasteiger partial charge < -0.3 is 4.74 Å². The second-order valence-corrected chi connectivity index (χ2v) is 4.73. The molecular weight excluding hydrogens is 258 g/mol. The SMILES string of the molecule is CC(=O)O[C@H]1CCC(Br)c2cccnc21. The Kier molecular flexibility index (Phi) is 3.05. The summed E-state index contributed by atoms with van der Waals surface area (Å²) in [6, 6.07) is 3.93. The fourth-order valence-corrected chi connectivity index (χ4v) is 2.52. The van der Waals surface area contributed by atoms with Gasteiger partial charge in [-0.2, -0.15) is 0 Å². The topological polar surface area (TPSA) is 39.2 Å². The van der Waals surface area contributed by atoms with Crippen molar-refractivity contribution in [1.29, 1.82) is 0 Å². The van der Waals surface area contributed by atoms with Crippen LogP contribution in [0.25, 0.3) is 0 Å². The number of carbonyl (C=O) groups excluding carboxylic acids is 1. The number of aromatic nitrogens is 1. The van der Waals surface area contributed by atoms with Gasteiger partial charge in [-0.15, -0.1) is 0 Å². The quantitative estimate of drug-likeness (QED) is 0.581. The largest absolute Gasteiger partial charge is 0.456 e. The Morgan fingerprint density at radius 3 is 3.13 bits per heavy atom. The zero-order valence-electron chi connectivity index (χ0n) is 8.44. The number of pyridine rings is 1. The molecular formula is C11H12BrNO2. The van der Waals surface area contributed by atoms with E-state index in [-0.39, 0.29) is 12.1 Å². The Balaban J connectivity index is 2.31. The summed E-state index contributed by atoms with van der Waals surface area (Å²) in [6.07, 6.45) is 3.36. The number of fused-ring (bicyclic) bond motifs is 1. The predicted octanol–water partition coefficient (Wildman–Crippen LogP) is 2.92. The van der Waals surface area contributed by atoms with Crippen LogP contribution in [0.2, 0.25) is 0 Å². The fourth-order valence-electron chi connectivity index (χ4n) is 1.87. The van der Waals surface area contributed by atoms with Gasteiger partial charge in [0, 0.05) is 17.9 Å². The third-order valence-electron chi connectivity index (χ3n) is 2.50. The first-order chi connectivity index (χ1) is 7.18. The van der Waals surface area contributed by atoms with Gasteiger partial charge in [-0.3, -0.25) is 9.78 Å². The van der Waals surface area contributed by atoms with Crippen molar-refractivity contribution in [2.75, 3.05) is 0 Å². The maximum Gasteiger partial charge on any atom is 0.303 e. The molecule has 1 unspecified atom stereocenters. The van der Waals surface area contributed by atoms with Gasteiger partial charge in [-0.1, -0.05) is 22.0 Å². The minimum absolute atomic E-state index is 0.174. The van der Waals surface area contributed by atoms with Crippen LogP contribution in [0.3, 0.4) is 0 Å². The lowest BCUT2D eigenvalue weighted by Crippen LogP contribution is -2.17. The molecule has 0 radical (unpaired) electrons. The van der Waals surface area contributed by atoms with E-state index < -0.39 is 0 Å². The average molecular weight is 270 g/mol. The summed E-state index contributed by atoms with van der Waals surface area (Å²) in [6.45, 7) is 1.43. The van der Waals surface area contributed by atoms with Crippen LogP contribution in [0.15, 0.2) is 18.3 Å². The number of carbonyl (C=O) groups is 1. The van der Waals surface area contributed by atoms with Crippen molar-refractivity contribution in [2.45, 2.75) is 30.7 Å². The van der Waals surface area contributed by atoms with Crippen LogP contribution in [0, 0.1) is 0 Å². The van der Waals surface area contributed by atoms with E-state index in [1.807, 2.05) is 12.1 Å². The third kappa shape index (κ3) is 2.20. The van der Waals surface area contributed by atoms with Crippen LogP contribution in [0.4, 0.5) is 0 Å². The number of rotatable bonds is 1. The van der Waals surface area contributed by atoms with Crippen LogP contribution in [0.1, 0.15) is 42.0 Å². The predicted molar refractivity (Wildman–Crippen MR) is 59.6 cm³/mol. The molecule has 0 aromatic carbocycles. The molecule has 2 atom stereocenters. The summed E-state index contributed by atoms with van der Waals surface area (Å²) in [7, 11) is 0. The summed E-state index contributed by atoms with van der Waals surface area (Å²) in [5.41, 5.74) is 2.02. The van der Waals surface area contributed by atoms with Crippen LogP contribution >= 0.6 is 15.9 Å². The highest BCUT2D eigenvalue weighted by atomic mass is 79.9. The van der Waals surface area contributed by atoms with Crippen molar-refractivity contribution in [3.8, 4) is 0 Å². The highest BCUT2D eigenvalue weighted by molar-refractivity contribution is 9.09. The van der Waals surface area contributed by atoms with E-state index in [1.165, 1.54) is 6.92 Å². The van der Waals surface area contributed by atoms with E-state index >= 15 is 0 Å². The fraction of sp³-hybridized carbons (Fsp3) is 0.455. The van der Waals surface area contributed by atoms with Gasteiger partial charge in [0.05, 0.1) is 5.69 Å². The Bertz CT molecular complexity index is 381. The summed E-state index contributed by atoms with van der Waals surface area (Å²) in [5.74, 6) is -0.246. The number of hydrogen-bond donors (Lipinski definition) is 0. The first kappa shape index (κ1) is 10.6. The van der Waals surface area contributed by atoms with Gasteiger partial charge in [-0.25, -0.2) is 0 Å². The molecule has 1 aliphatic rings. The van der Waals surface area contributed by atoms with Crippen molar-refractivity contribution in [3.05, 3.63) is 29.6 Å². The Morgan fingerprint density at radius 2 is 2.40 bits per heavy atom. The molecule has 1 aromatic heterocycles. The van der Waals surface area contributed by atoms with E-state index in [0.29, 0.717) is 4.83 Å². The first-order valence-electron chi connectivity index (χ1n) is 4.94. The highest BCUT2D eigenvalue weighted by Gasteiger charge is 2.28. The molecule has 2 rings (SSSR count). The normalized spacial score (nSPS) is 24.4. The molecule has 0 fully saturated rings. The van der Waals surface area contributed by atoms with E-state index in [2.05, 4.69) is 20.9 Å². The molecule has 0 saturated carbocycles. The van der Waals surface area contributed by atoms with Gasteiger partial charge >= 0.3 is 5.97 Å². The van der Waals surface area contributed by atoms with Gasteiger partial charge in [0.2, 0.25) is 0 Å². The monoisotopic (exact) mass is 269 g/mol. The average Bonchev–Trinajstić information content (AvgIpc) is 2.22. The zero-order chi connectivity index (χ0) is 10.8. The van der Waals surface area contributed by atoms with Gasteiger partial charge in [0.25, 0.3) is 0 Å². The van der Waals surface area contributed by atoms with E-state index in [1.54, 1.807) is 6.20 Å². The van der Waals surface area contributed by atoms with Crippen molar-refractivity contribution < 1.29 is 9.53 Å². The number of esters is 1. The van der Waals surface area contributed by atoms with Crippen LogP contribution in [-0.4, -0.2) is 11.0 Å². The smallest absolute Gasteiger partial charge is 0.303 e. The standard InChI is InChI=1S/C11H12BrNO2/c1-7(14)15-10-5-4-9(12)8-3-2-6-13-11(8)10/h2-3,6,9-10H,4-5H2,1H3/t9?,10-/m0/s1. The molecule has 0 saturated heterocycles. The lowest BCUT2D eigenvalue weighted by molar-refractivity contribution is -0.147. The number of alkyl halides is 1. The van der Waals surface area contributed by atoms with E-state index in [4.69, 9.17) is 4.74 Å². The van der Waals surface area contributed by atoms with E-state index in [9.17, 15) is 4.79 Å². The molecule has 1 aliphatic carbocycles. The maximum absolute atomic E-state index is 10.9. The van der Waals surface area contributed by atoms with Crippen LogP contribution in [-0.2, 0) is 9.53 Å². The molecule has 0 spiro atoms. The second-order valence-electron chi connectivity index (χ2n) is 3.62. The molecule has 4 heteroatoms. The summed E-state index contributed by atoms with van der Waals surface area (Å²) in [5, 5.41) is 0. The van der Waals surface area contributed by atoms with Crippen LogP contribution in [0.5, 0.6) is 0 Å². The second kappa shape index (κ2) is 4.31. The molecule has 0 aliphatic heterocycles. The summed E-state index contributed by atoms with van der Waals surface area (Å²) < 4.78 is 5.24. The summed E-state index contributed by atoms with van der Waals surface area (Å²) >= 11 is 3.60. The Labute approximate surface area is 97.0 Å². The zero-order valence-corrected chi connectivity index (χ0v) is 10.0. The minimum Gasteiger partial charge on any atom is -0.456 e. The molecule has 0 bridgehead atoms. The number of nitrogens with zero attached hydrogens (tertiary/aromatic N) is 1. The lowest BCUT2D eigenvalue weighted by atomic mass is 9.93. The number of hydrogen-bond acceptors (Lipinski definition) is 3. The Hall–Kier alpha value is -0.900. The summed E-state index contributed by atoms with van der Waals surface area (Å²) in [4.78, 5) is 15.6. The van der Waals surface area contributed by atoms with Crippen molar-refractivity contribution in [3.63, 3.8) is 0 Å². The number of halogens is 1. The molecule has 1 heterocycles. The van der Waals surface area contributed by atoms with Crippen molar-refractivity contribution in [1.82, 2.24) is 4.98 Å². The molecule has 15 heavy (non-hydrogen) atoms. The van der Waals surface area contributed by atoms with E-state index in [0.717, 1.165) is 24.1 Å². The third-order valence-corrected chi connectivity index (χ3v) is 3.46. The molecule has 0 N–H and O–H groups in total. The van der Waals surface area contributed by atoms with Gasteiger partial charge in [0.1, 0.15) is 6.10 Å². The van der Waals surface area contributed by atoms with Crippen molar-refractivity contribution in [2.24, 2.45) is 0 Å². The van der Waals surface area contributed by atoms with Crippen molar-refractivity contribution >= 4 is 21.9 Å². The van der Waals surface area contributed by atoms with Crippen LogP contribution < -0.4 is 0 Å².